The molecular weight excluding hydrogens is 322 g/mol. The molecule has 1 N–H and O–H groups in total. The number of ether oxygens (including phenoxy) is 2. The fourth-order valence-corrected chi connectivity index (χ4v) is 2.73. The van der Waals surface area contributed by atoms with Crippen molar-refractivity contribution < 1.29 is 24.2 Å². The first-order chi connectivity index (χ1) is 11.0. The molecule has 1 aliphatic heterocycles. The summed E-state index contributed by atoms with van der Waals surface area (Å²) < 4.78 is 10.3. The van der Waals surface area contributed by atoms with Crippen molar-refractivity contribution in [2.75, 3.05) is 14.2 Å². The Hall–Kier alpha value is -2.55. The number of aliphatic carboxylic acids is 1. The highest BCUT2D eigenvalue weighted by molar-refractivity contribution is 8.15. The van der Waals surface area contributed by atoms with Gasteiger partial charge in [0.05, 0.1) is 25.7 Å². The number of nitrogens with zero attached hydrogens (tertiary/aromatic N) is 2. The van der Waals surface area contributed by atoms with Crippen LogP contribution < -0.4 is 19.9 Å². The normalized spacial score (nSPS) is 19.1. The van der Waals surface area contributed by atoms with Crippen molar-refractivity contribution >= 4 is 35.0 Å². The summed E-state index contributed by atoms with van der Waals surface area (Å²) in [7, 11) is 3.07. The molecule has 1 fully saturated rings. The van der Waals surface area contributed by atoms with E-state index in [1.54, 1.807) is 25.3 Å². The smallest absolute Gasteiger partial charge is 0.239 e. The average molecular weight is 336 g/mol. The molecule has 0 unspecified atom stereocenters. The highest BCUT2D eigenvalue weighted by Gasteiger charge is 2.30. The molecule has 1 aromatic rings. The van der Waals surface area contributed by atoms with Crippen LogP contribution in [0.25, 0.3) is 0 Å². The van der Waals surface area contributed by atoms with E-state index >= 15 is 0 Å². The number of methoxy groups -OCH3 is 2. The zero-order valence-corrected chi connectivity index (χ0v) is 13.3. The monoisotopic (exact) mass is 336 g/mol. The first-order valence-electron chi connectivity index (χ1n) is 6.54. The Kier molecular flexibility index (Phi) is 5.58. The summed E-state index contributed by atoms with van der Waals surface area (Å²) in [6.07, 6.45) is 1.11. The van der Waals surface area contributed by atoms with Crippen LogP contribution in [0.1, 0.15) is 12.0 Å². The van der Waals surface area contributed by atoms with Gasteiger partial charge in [0.1, 0.15) is 0 Å². The van der Waals surface area contributed by atoms with E-state index in [1.165, 1.54) is 13.3 Å². The minimum absolute atomic E-state index is 0.248. The molecule has 0 aromatic heterocycles. The van der Waals surface area contributed by atoms with E-state index in [0.717, 1.165) is 17.3 Å². The van der Waals surface area contributed by atoms with Gasteiger partial charge >= 0.3 is 0 Å². The van der Waals surface area contributed by atoms with E-state index in [-0.39, 0.29) is 11.6 Å². The van der Waals surface area contributed by atoms with Crippen LogP contribution in [0.4, 0.5) is 0 Å². The SMILES string of the molecule is COc1ccc(/C=N\N=C2/NC(=O)[C@H](CC(=O)[O-])S2)cc1OC. The number of thioether (sulfide) groups is 1. The molecular formula is C14H14N3O5S-. The van der Waals surface area contributed by atoms with E-state index in [2.05, 4.69) is 15.5 Å². The van der Waals surface area contributed by atoms with E-state index in [1.807, 2.05) is 0 Å². The van der Waals surface area contributed by atoms with Gasteiger partial charge in [-0.3, -0.25) is 4.79 Å². The molecule has 0 saturated carbocycles. The summed E-state index contributed by atoms with van der Waals surface area (Å²) in [4.78, 5) is 22.0. The van der Waals surface area contributed by atoms with E-state index in [9.17, 15) is 14.7 Å². The van der Waals surface area contributed by atoms with Gasteiger partial charge in [0.15, 0.2) is 16.7 Å². The van der Waals surface area contributed by atoms with E-state index < -0.39 is 17.1 Å². The number of nitrogens with one attached hydrogen (secondary N) is 1. The number of carbonyl (C=O) groups is 2. The minimum Gasteiger partial charge on any atom is -0.550 e. The summed E-state index contributed by atoms with van der Waals surface area (Å²) in [5.41, 5.74) is 0.729. The van der Waals surface area contributed by atoms with Gasteiger partial charge in [-0.05, 0) is 23.8 Å². The van der Waals surface area contributed by atoms with Crippen LogP contribution in [-0.4, -0.2) is 42.7 Å². The first kappa shape index (κ1) is 16.8. The van der Waals surface area contributed by atoms with Crippen LogP contribution >= 0.6 is 11.8 Å². The third-order valence-corrected chi connectivity index (χ3v) is 3.96. The Morgan fingerprint density at radius 3 is 2.78 bits per heavy atom. The zero-order valence-electron chi connectivity index (χ0n) is 12.4. The standard InChI is InChI=1S/C14H15N3O5S/c1-21-9-4-3-8(5-10(9)22-2)7-15-17-14-16-13(20)11(23-14)6-12(18)19/h3-5,7,11H,6H2,1-2H3,(H,18,19)(H,16,17,20)/p-1/b15-7-/t11-/m0/s1. The number of benzene rings is 1. The molecule has 1 amide bonds. The van der Waals surface area contributed by atoms with E-state index in [0.29, 0.717) is 11.5 Å². The Bertz CT molecular complexity index is 674. The molecule has 0 bridgehead atoms. The Morgan fingerprint density at radius 2 is 2.13 bits per heavy atom. The van der Waals surface area contributed by atoms with Crippen LogP contribution in [-0.2, 0) is 9.59 Å². The number of carboxylic acid groups (broad SMARTS) is 1. The summed E-state index contributed by atoms with van der Waals surface area (Å²) in [6.45, 7) is 0. The van der Waals surface area contributed by atoms with Crippen molar-refractivity contribution in [1.82, 2.24) is 5.32 Å². The number of amidine groups is 1. The molecule has 9 heteroatoms. The second-order valence-electron chi connectivity index (χ2n) is 4.44. The lowest BCUT2D eigenvalue weighted by Gasteiger charge is -2.07. The maximum atomic E-state index is 11.5. The fraction of sp³-hybridized carbons (Fsp3) is 0.286. The summed E-state index contributed by atoms with van der Waals surface area (Å²) in [5, 5.41) is 20.2. The lowest BCUT2D eigenvalue weighted by Crippen LogP contribution is -2.31. The van der Waals surface area contributed by atoms with Crippen molar-refractivity contribution in [2.24, 2.45) is 10.2 Å². The molecule has 0 spiro atoms. The molecule has 1 atom stereocenters. The van der Waals surface area contributed by atoms with Crippen molar-refractivity contribution in [3.8, 4) is 11.5 Å². The second-order valence-corrected chi connectivity index (χ2v) is 5.63. The van der Waals surface area contributed by atoms with Crippen molar-refractivity contribution in [3.05, 3.63) is 23.8 Å². The van der Waals surface area contributed by atoms with Crippen molar-refractivity contribution in [2.45, 2.75) is 11.7 Å². The van der Waals surface area contributed by atoms with E-state index in [4.69, 9.17) is 9.47 Å². The maximum Gasteiger partial charge on any atom is 0.239 e. The first-order valence-corrected chi connectivity index (χ1v) is 7.42. The molecule has 2 rings (SSSR count). The molecule has 1 saturated heterocycles. The Labute approximate surface area is 136 Å². The van der Waals surface area contributed by atoms with Crippen LogP contribution in [0.3, 0.4) is 0 Å². The Balaban J connectivity index is 2.04. The summed E-state index contributed by atoms with van der Waals surface area (Å²) >= 11 is 1.01. The predicted molar refractivity (Wildman–Crippen MR) is 83.7 cm³/mol. The van der Waals surface area contributed by atoms with Crippen LogP contribution in [0.2, 0.25) is 0 Å². The maximum absolute atomic E-state index is 11.5. The molecule has 0 radical (unpaired) electrons. The van der Waals surface area contributed by atoms with Gasteiger partial charge in [-0.1, -0.05) is 11.8 Å². The number of rotatable bonds is 6. The lowest BCUT2D eigenvalue weighted by atomic mass is 10.2. The van der Waals surface area contributed by atoms with Crippen LogP contribution in [0, 0.1) is 0 Å². The third-order valence-electron chi connectivity index (χ3n) is 2.89. The van der Waals surface area contributed by atoms with Gasteiger partial charge in [-0.25, -0.2) is 0 Å². The fourth-order valence-electron chi connectivity index (χ4n) is 1.82. The molecule has 1 heterocycles. The summed E-state index contributed by atoms with van der Waals surface area (Å²) in [6, 6.07) is 5.22. The zero-order chi connectivity index (χ0) is 16.8. The minimum atomic E-state index is -1.28. The largest absolute Gasteiger partial charge is 0.550 e. The number of carbonyl (C=O) groups excluding carboxylic acids is 2. The number of hydrogen-bond acceptors (Lipinski definition) is 8. The van der Waals surface area contributed by atoms with Gasteiger partial charge in [0.2, 0.25) is 5.91 Å². The number of amides is 1. The van der Waals surface area contributed by atoms with Crippen LogP contribution in [0.5, 0.6) is 11.5 Å². The molecule has 23 heavy (non-hydrogen) atoms. The molecule has 1 aromatic carbocycles. The van der Waals surface area contributed by atoms with Gasteiger partial charge in [-0.2, -0.15) is 5.10 Å². The van der Waals surface area contributed by atoms with Gasteiger partial charge in [0, 0.05) is 12.4 Å². The number of hydrogen-bond donors (Lipinski definition) is 1. The van der Waals surface area contributed by atoms with Crippen LogP contribution in [0.15, 0.2) is 28.4 Å². The molecule has 122 valence electrons. The van der Waals surface area contributed by atoms with Gasteiger partial charge < -0.3 is 24.7 Å². The quantitative estimate of drug-likeness (QED) is 0.567. The van der Waals surface area contributed by atoms with Gasteiger partial charge in [0.25, 0.3) is 0 Å². The topological polar surface area (TPSA) is 112 Å². The average Bonchev–Trinajstić information content (AvgIpc) is 2.86. The number of carboxylic acids is 1. The highest BCUT2D eigenvalue weighted by Crippen LogP contribution is 2.27. The third kappa shape index (κ3) is 4.46. The predicted octanol–water partition coefficient (Wildman–Crippen LogP) is -0.235. The lowest BCUT2D eigenvalue weighted by molar-refractivity contribution is -0.305. The van der Waals surface area contributed by atoms with Crippen molar-refractivity contribution in [1.29, 1.82) is 0 Å². The Morgan fingerprint density at radius 1 is 1.39 bits per heavy atom. The second kappa shape index (κ2) is 7.63. The molecule has 8 nitrogen and oxygen atoms in total. The molecule has 0 aliphatic carbocycles. The summed E-state index contributed by atoms with van der Waals surface area (Å²) in [5.74, 6) is -0.548. The molecule has 1 aliphatic rings. The highest BCUT2D eigenvalue weighted by atomic mass is 32.2. The van der Waals surface area contributed by atoms with Crippen molar-refractivity contribution in [3.63, 3.8) is 0 Å². The van der Waals surface area contributed by atoms with Gasteiger partial charge in [-0.15, -0.1) is 5.10 Å².